The second-order valence-corrected chi connectivity index (χ2v) is 3.47. The minimum atomic E-state index is -0.397. The van der Waals surface area contributed by atoms with Crippen molar-refractivity contribution in [3.8, 4) is 5.75 Å². The van der Waals surface area contributed by atoms with Crippen molar-refractivity contribution in [2.75, 3.05) is 18.5 Å². The van der Waals surface area contributed by atoms with Crippen LogP contribution in [0, 0.1) is 5.82 Å². The van der Waals surface area contributed by atoms with Crippen molar-refractivity contribution < 1.29 is 9.13 Å². The molecule has 0 radical (unpaired) electrons. The van der Waals surface area contributed by atoms with Gasteiger partial charge in [0, 0.05) is 18.3 Å². The first-order chi connectivity index (χ1) is 7.67. The minimum absolute atomic E-state index is 0.252. The monoisotopic (exact) mass is 242 g/mol. The van der Waals surface area contributed by atoms with Crippen LogP contribution in [0.2, 0.25) is 0 Å². The van der Waals surface area contributed by atoms with Crippen molar-refractivity contribution in [1.29, 1.82) is 0 Å². The summed E-state index contributed by atoms with van der Waals surface area (Å²) in [6.45, 7) is 4.92. The maximum absolute atomic E-state index is 13.4. The molecule has 0 saturated carbocycles. The maximum atomic E-state index is 13.4. The highest BCUT2D eigenvalue weighted by Gasteiger charge is 2.04. The normalized spacial score (nSPS) is 9.69. The first-order valence-electron chi connectivity index (χ1n) is 5.14. The van der Waals surface area contributed by atoms with E-state index >= 15 is 0 Å². The molecule has 0 unspecified atom stereocenters. The van der Waals surface area contributed by atoms with Crippen molar-refractivity contribution in [2.45, 2.75) is 13.8 Å². The predicted octanol–water partition coefficient (Wildman–Crippen LogP) is 2.53. The van der Waals surface area contributed by atoms with E-state index in [2.05, 4.69) is 10.6 Å². The van der Waals surface area contributed by atoms with Crippen LogP contribution < -0.4 is 15.4 Å². The average Bonchev–Trinajstić information content (AvgIpc) is 2.22. The fraction of sp³-hybridized carbons (Fsp3) is 0.364. The summed E-state index contributed by atoms with van der Waals surface area (Å²) < 4.78 is 18.5. The molecule has 0 amide bonds. The van der Waals surface area contributed by atoms with Gasteiger partial charge in [-0.05, 0) is 38.2 Å². The molecule has 0 aliphatic rings. The lowest BCUT2D eigenvalue weighted by molar-refractivity contribution is 0.321. The van der Waals surface area contributed by atoms with E-state index in [-0.39, 0.29) is 5.75 Å². The Hall–Kier alpha value is -1.36. The summed E-state index contributed by atoms with van der Waals surface area (Å²) in [6.07, 6.45) is 0. The number of ether oxygens (including phenoxy) is 1. The Morgan fingerprint density at radius 1 is 1.44 bits per heavy atom. The van der Waals surface area contributed by atoms with Crippen LogP contribution in [0.25, 0.3) is 0 Å². The highest BCUT2D eigenvalue weighted by molar-refractivity contribution is 7.80. The smallest absolute Gasteiger partial charge is 0.170 e. The summed E-state index contributed by atoms with van der Waals surface area (Å²) in [5, 5.41) is 6.28. The molecule has 2 N–H and O–H groups in total. The molecule has 0 heterocycles. The number of benzene rings is 1. The Morgan fingerprint density at radius 2 is 2.19 bits per heavy atom. The zero-order chi connectivity index (χ0) is 12.0. The largest absolute Gasteiger partial charge is 0.491 e. The Morgan fingerprint density at radius 3 is 2.75 bits per heavy atom. The minimum Gasteiger partial charge on any atom is -0.491 e. The number of anilines is 1. The van der Waals surface area contributed by atoms with Crippen LogP contribution in [-0.2, 0) is 0 Å². The Bertz CT molecular complexity index is 371. The molecule has 16 heavy (non-hydrogen) atoms. The summed E-state index contributed by atoms with van der Waals surface area (Å²) in [5.41, 5.74) is 0.604. The first kappa shape index (κ1) is 12.7. The van der Waals surface area contributed by atoms with Gasteiger partial charge in [-0.25, -0.2) is 4.39 Å². The van der Waals surface area contributed by atoms with E-state index in [1.807, 2.05) is 13.8 Å². The van der Waals surface area contributed by atoms with E-state index in [0.29, 0.717) is 17.4 Å². The first-order valence-corrected chi connectivity index (χ1v) is 5.55. The molecule has 0 bridgehead atoms. The van der Waals surface area contributed by atoms with Gasteiger partial charge >= 0.3 is 0 Å². The second-order valence-electron chi connectivity index (χ2n) is 3.06. The number of rotatable bonds is 4. The Kier molecular flexibility index (Phi) is 4.98. The molecule has 0 aromatic heterocycles. The van der Waals surface area contributed by atoms with Crippen LogP contribution in [0.4, 0.5) is 10.1 Å². The molecule has 0 saturated heterocycles. The van der Waals surface area contributed by atoms with E-state index in [9.17, 15) is 4.39 Å². The standard InChI is InChI=1S/C11H15FN2OS/c1-3-13-11(16)14-8-5-6-10(15-4-2)9(12)7-8/h5-7H,3-4H2,1-2H3,(H2,13,14,16). The molecule has 0 atom stereocenters. The molecule has 5 heteroatoms. The fourth-order valence-electron chi connectivity index (χ4n) is 1.19. The molecule has 3 nitrogen and oxygen atoms in total. The van der Waals surface area contributed by atoms with Gasteiger partial charge in [-0.1, -0.05) is 0 Å². The molecule has 1 aromatic carbocycles. The molecule has 0 aliphatic heterocycles. The van der Waals surface area contributed by atoms with E-state index in [4.69, 9.17) is 17.0 Å². The lowest BCUT2D eigenvalue weighted by Gasteiger charge is -2.10. The van der Waals surface area contributed by atoms with Crippen molar-refractivity contribution >= 4 is 23.0 Å². The molecular weight excluding hydrogens is 227 g/mol. The molecule has 1 aromatic rings. The summed E-state index contributed by atoms with van der Waals surface area (Å²) in [4.78, 5) is 0. The summed E-state index contributed by atoms with van der Waals surface area (Å²) in [5.74, 6) is -0.145. The third kappa shape index (κ3) is 3.66. The molecule has 0 fully saturated rings. The van der Waals surface area contributed by atoms with Crippen LogP contribution >= 0.6 is 12.2 Å². The molecule has 88 valence electrons. The van der Waals surface area contributed by atoms with E-state index in [1.54, 1.807) is 12.1 Å². The lowest BCUT2D eigenvalue weighted by atomic mass is 10.3. The van der Waals surface area contributed by atoms with E-state index < -0.39 is 5.82 Å². The van der Waals surface area contributed by atoms with Gasteiger partial charge in [0.25, 0.3) is 0 Å². The zero-order valence-electron chi connectivity index (χ0n) is 9.34. The number of thiocarbonyl (C=S) groups is 1. The number of hydrogen-bond donors (Lipinski definition) is 2. The summed E-state index contributed by atoms with van der Waals surface area (Å²) in [6, 6.07) is 4.65. The topological polar surface area (TPSA) is 33.3 Å². The van der Waals surface area contributed by atoms with Gasteiger partial charge in [0.05, 0.1) is 6.61 Å². The van der Waals surface area contributed by atoms with Crippen molar-refractivity contribution in [3.63, 3.8) is 0 Å². The van der Waals surface area contributed by atoms with Gasteiger partial charge in [0.2, 0.25) is 0 Å². The van der Waals surface area contributed by atoms with Gasteiger partial charge in [-0.2, -0.15) is 0 Å². The van der Waals surface area contributed by atoms with Crippen molar-refractivity contribution in [2.24, 2.45) is 0 Å². The molecular formula is C11H15FN2OS. The van der Waals surface area contributed by atoms with E-state index in [0.717, 1.165) is 6.54 Å². The van der Waals surface area contributed by atoms with Crippen LogP contribution in [0.15, 0.2) is 18.2 Å². The third-order valence-corrected chi connectivity index (χ3v) is 2.07. The molecule has 0 spiro atoms. The SMILES string of the molecule is CCNC(=S)Nc1ccc(OCC)c(F)c1. The lowest BCUT2D eigenvalue weighted by Crippen LogP contribution is -2.27. The number of nitrogens with one attached hydrogen (secondary N) is 2. The second kappa shape index (κ2) is 6.27. The number of hydrogen-bond acceptors (Lipinski definition) is 2. The van der Waals surface area contributed by atoms with E-state index in [1.165, 1.54) is 6.07 Å². The van der Waals surface area contributed by atoms with Gasteiger partial charge in [0.15, 0.2) is 16.7 Å². The predicted molar refractivity (Wildman–Crippen MR) is 67.5 cm³/mol. The third-order valence-electron chi connectivity index (χ3n) is 1.83. The Labute approximate surface area is 100.0 Å². The molecule has 0 aliphatic carbocycles. The quantitative estimate of drug-likeness (QED) is 0.795. The highest BCUT2D eigenvalue weighted by Crippen LogP contribution is 2.20. The van der Waals surface area contributed by atoms with Gasteiger partial charge in [-0.15, -0.1) is 0 Å². The summed E-state index contributed by atoms with van der Waals surface area (Å²) in [7, 11) is 0. The van der Waals surface area contributed by atoms with Crippen molar-refractivity contribution in [1.82, 2.24) is 5.32 Å². The fourth-order valence-corrected chi connectivity index (χ4v) is 1.45. The van der Waals surface area contributed by atoms with Gasteiger partial charge in [0.1, 0.15) is 0 Å². The van der Waals surface area contributed by atoms with Crippen LogP contribution in [0.3, 0.4) is 0 Å². The van der Waals surface area contributed by atoms with Crippen LogP contribution in [0.1, 0.15) is 13.8 Å². The summed E-state index contributed by atoms with van der Waals surface area (Å²) >= 11 is 4.99. The zero-order valence-corrected chi connectivity index (χ0v) is 10.2. The maximum Gasteiger partial charge on any atom is 0.170 e. The average molecular weight is 242 g/mol. The van der Waals surface area contributed by atoms with Crippen molar-refractivity contribution in [3.05, 3.63) is 24.0 Å². The highest BCUT2D eigenvalue weighted by atomic mass is 32.1. The van der Waals surface area contributed by atoms with Crippen LogP contribution in [0.5, 0.6) is 5.75 Å². The molecule has 1 rings (SSSR count). The number of halogens is 1. The van der Waals surface area contributed by atoms with Gasteiger partial charge in [-0.3, -0.25) is 0 Å². The Balaban J connectivity index is 2.69. The van der Waals surface area contributed by atoms with Crippen LogP contribution in [-0.4, -0.2) is 18.3 Å². The van der Waals surface area contributed by atoms with Gasteiger partial charge < -0.3 is 15.4 Å².